The molecule has 1 atom stereocenters. The summed E-state index contributed by atoms with van der Waals surface area (Å²) in [5.74, 6) is -0.780. The number of carbonyl (C=O) groups is 1. The predicted octanol–water partition coefficient (Wildman–Crippen LogP) is 2.61. The summed E-state index contributed by atoms with van der Waals surface area (Å²) >= 11 is 17.6. The fraction of sp³-hybridized carbons (Fsp3) is 0.364. The quantitative estimate of drug-likeness (QED) is 0.685. The van der Waals surface area contributed by atoms with E-state index in [1.54, 1.807) is 18.2 Å². The maximum absolute atomic E-state index is 11.1. The van der Waals surface area contributed by atoms with Gasteiger partial charge in [-0.2, -0.15) is 0 Å². The third-order valence-electron chi connectivity index (χ3n) is 2.71. The number of nitrogens with two attached hydrogens (primary N) is 1. The second-order valence-corrected chi connectivity index (χ2v) is 5.96. The van der Waals surface area contributed by atoms with Crippen LogP contribution in [-0.2, 0) is 15.1 Å². The van der Waals surface area contributed by atoms with Crippen molar-refractivity contribution in [1.29, 1.82) is 0 Å². The Balaban J connectivity index is 2.24. The molecule has 1 aromatic rings. The lowest BCUT2D eigenvalue weighted by Crippen LogP contribution is -2.37. The highest BCUT2D eigenvalue weighted by Gasteiger charge is 2.53. The summed E-state index contributed by atoms with van der Waals surface area (Å²) in [6, 6.07) is 7.17. The van der Waals surface area contributed by atoms with Gasteiger partial charge in [-0.3, -0.25) is 4.79 Å². The number of benzene rings is 1. The molecule has 0 saturated carbocycles. The molecule has 0 bridgehead atoms. The standard InChI is InChI=1S/C11H10Cl3NO2/c12-8-3-1-2-7(4-8)10(6-17-10)5-11(13,14)9(15)16/h1-4H,5-6H2,(H2,15,16). The lowest BCUT2D eigenvalue weighted by Gasteiger charge is -2.20. The molecule has 0 aliphatic carbocycles. The van der Waals surface area contributed by atoms with Crippen LogP contribution in [0.15, 0.2) is 24.3 Å². The number of hydrogen-bond donors (Lipinski definition) is 1. The summed E-state index contributed by atoms with van der Waals surface area (Å²) in [5.41, 5.74) is 5.32. The Kier molecular flexibility index (Phi) is 3.29. The van der Waals surface area contributed by atoms with Crippen LogP contribution in [0.1, 0.15) is 12.0 Å². The van der Waals surface area contributed by atoms with Crippen LogP contribution in [0.2, 0.25) is 5.02 Å². The van der Waals surface area contributed by atoms with E-state index in [0.29, 0.717) is 11.6 Å². The van der Waals surface area contributed by atoms with Crippen molar-refractivity contribution in [2.45, 2.75) is 16.4 Å². The monoisotopic (exact) mass is 293 g/mol. The van der Waals surface area contributed by atoms with Gasteiger partial charge in [0.1, 0.15) is 5.60 Å². The highest BCUT2D eigenvalue weighted by atomic mass is 35.5. The first kappa shape index (κ1) is 13.0. The maximum Gasteiger partial charge on any atom is 0.253 e. The minimum Gasteiger partial charge on any atom is -0.367 e. The summed E-state index contributed by atoms with van der Waals surface area (Å²) < 4.78 is 3.75. The predicted molar refractivity (Wildman–Crippen MR) is 67.3 cm³/mol. The highest BCUT2D eigenvalue weighted by molar-refractivity contribution is 6.58. The van der Waals surface area contributed by atoms with Crippen LogP contribution >= 0.6 is 34.8 Å². The van der Waals surface area contributed by atoms with Gasteiger partial charge in [0.2, 0.25) is 0 Å². The average Bonchev–Trinajstić information content (AvgIpc) is 2.98. The number of primary amides is 1. The topological polar surface area (TPSA) is 55.6 Å². The number of halogens is 3. The van der Waals surface area contributed by atoms with E-state index in [1.807, 2.05) is 6.07 Å². The van der Waals surface area contributed by atoms with Gasteiger partial charge < -0.3 is 10.5 Å². The molecule has 1 aromatic carbocycles. The van der Waals surface area contributed by atoms with Crippen molar-refractivity contribution in [2.75, 3.05) is 6.61 Å². The Morgan fingerprint density at radius 3 is 2.65 bits per heavy atom. The van der Waals surface area contributed by atoms with Crippen molar-refractivity contribution in [1.82, 2.24) is 0 Å². The molecule has 6 heteroatoms. The van der Waals surface area contributed by atoms with Crippen LogP contribution in [0.4, 0.5) is 0 Å². The molecule has 1 aliphatic heterocycles. The molecule has 1 aliphatic rings. The Morgan fingerprint density at radius 2 is 2.18 bits per heavy atom. The molecule has 1 unspecified atom stereocenters. The normalized spacial score (nSPS) is 23.5. The van der Waals surface area contributed by atoms with Crippen molar-refractivity contribution in [2.24, 2.45) is 5.73 Å². The smallest absolute Gasteiger partial charge is 0.253 e. The van der Waals surface area contributed by atoms with Gasteiger partial charge in [0.05, 0.1) is 6.61 Å². The maximum atomic E-state index is 11.1. The number of epoxide rings is 1. The van der Waals surface area contributed by atoms with Gasteiger partial charge >= 0.3 is 0 Å². The first-order valence-corrected chi connectivity index (χ1v) is 6.07. The number of amides is 1. The van der Waals surface area contributed by atoms with Gasteiger partial charge in [-0.25, -0.2) is 0 Å². The van der Waals surface area contributed by atoms with Crippen molar-refractivity contribution >= 4 is 40.7 Å². The molecule has 3 nitrogen and oxygen atoms in total. The molecule has 2 rings (SSSR count). The van der Waals surface area contributed by atoms with Crippen LogP contribution in [0.3, 0.4) is 0 Å². The number of rotatable bonds is 4. The van der Waals surface area contributed by atoms with E-state index in [1.165, 1.54) is 0 Å². The van der Waals surface area contributed by atoms with E-state index < -0.39 is 15.8 Å². The lowest BCUT2D eigenvalue weighted by molar-refractivity contribution is -0.119. The molecule has 1 saturated heterocycles. The summed E-state index contributed by atoms with van der Waals surface area (Å²) in [6.07, 6.45) is 0.110. The molecule has 0 radical (unpaired) electrons. The third-order valence-corrected chi connectivity index (χ3v) is 3.59. The van der Waals surface area contributed by atoms with E-state index in [0.717, 1.165) is 5.56 Å². The zero-order valence-electron chi connectivity index (χ0n) is 8.75. The van der Waals surface area contributed by atoms with Crippen molar-refractivity contribution in [3.63, 3.8) is 0 Å². The van der Waals surface area contributed by atoms with Crippen molar-refractivity contribution < 1.29 is 9.53 Å². The van der Waals surface area contributed by atoms with Crippen LogP contribution < -0.4 is 5.73 Å². The van der Waals surface area contributed by atoms with Crippen LogP contribution in [-0.4, -0.2) is 16.8 Å². The summed E-state index contributed by atoms with van der Waals surface area (Å²) in [4.78, 5) is 11.1. The molecule has 17 heavy (non-hydrogen) atoms. The highest BCUT2D eigenvalue weighted by Crippen LogP contribution is 2.48. The Labute approximate surface area is 114 Å². The first-order chi connectivity index (χ1) is 7.86. The molecule has 92 valence electrons. The van der Waals surface area contributed by atoms with E-state index in [-0.39, 0.29) is 6.42 Å². The molecule has 0 spiro atoms. The molecule has 1 amide bonds. The Morgan fingerprint density at radius 1 is 1.53 bits per heavy atom. The van der Waals surface area contributed by atoms with E-state index in [9.17, 15) is 4.79 Å². The number of carbonyl (C=O) groups excluding carboxylic acids is 1. The lowest BCUT2D eigenvalue weighted by atomic mass is 9.94. The molecule has 1 heterocycles. The van der Waals surface area contributed by atoms with Gasteiger partial charge in [-0.05, 0) is 17.7 Å². The second kappa shape index (κ2) is 4.32. The Bertz CT molecular complexity index is 458. The SMILES string of the molecule is NC(=O)C(Cl)(Cl)CC1(c2cccc(Cl)c2)CO1. The first-order valence-electron chi connectivity index (χ1n) is 4.93. The van der Waals surface area contributed by atoms with Crippen LogP contribution in [0, 0.1) is 0 Å². The second-order valence-electron chi connectivity index (χ2n) is 4.04. The molecular weight excluding hydrogens is 284 g/mol. The van der Waals surface area contributed by atoms with Crippen LogP contribution in [0.5, 0.6) is 0 Å². The Hall–Kier alpha value is -0.480. The molecule has 2 N–H and O–H groups in total. The molecular formula is C11H10Cl3NO2. The minimum atomic E-state index is -1.64. The fourth-order valence-corrected chi connectivity index (χ4v) is 2.30. The van der Waals surface area contributed by atoms with Gasteiger partial charge in [-0.15, -0.1) is 0 Å². The molecule has 1 fully saturated rings. The third kappa shape index (κ3) is 2.68. The molecule has 0 aromatic heterocycles. The van der Waals surface area contributed by atoms with Crippen LogP contribution in [0.25, 0.3) is 0 Å². The number of hydrogen-bond acceptors (Lipinski definition) is 2. The minimum absolute atomic E-state index is 0.110. The van der Waals surface area contributed by atoms with E-state index >= 15 is 0 Å². The summed E-state index contributed by atoms with van der Waals surface area (Å²) in [7, 11) is 0. The fourth-order valence-electron chi connectivity index (χ4n) is 1.68. The van der Waals surface area contributed by atoms with E-state index in [2.05, 4.69) is 0 Å². The number of alkyl halides is 2. The van der Waals surface area contributed by atoms with Crippen molar-refractivity contribution in [3.05, 3.63) is 34.9 Å². The summed E-state index contributed by atoms with van der Waals surface area (Å²) in [6.45, 7) is 0.446. The van der Waals surface area contributed by atoms with Crippen molar-refractivity contribution in [3.8, 4) is 0 Å². The van der Waals surface area contributed by atoms with Gasteiger partial charge in [0.25, 0.3) is 5.91 Å². The average molecular weight is 295 g/mol. The van der Waals surface area contributed by atoms with Gasteiger partial charge in [0, 0.05) is 11.4 Å². The van der Waals surface area contributed by atoms with Gasteiger partial charge in [-0.1, -0.05) is 46.9 Å². The summed E-state index contributed by atoms with van der Waals surface area (Å²) in [5, 5.41) is 0.589. The van der Waals surface area contributed by atoms with Gasteiger partial charge in [0.15, 0.2) is 4.33 Å². The zero-order chi connectivity index (χ0) is 12.7. The zero-order valence-corrected chi connectivity index (χ0v) is 11.0. The number of ether oxygens (including phenoxy) is 1. The van der Waals surface area contributed by atoms with E-state index in [4.69, 9.17) is 45.3 Å². The largest absolute Gasteiger partial charge is 0.367 e.